The first-order valence-electron chi connectivity index (χ1n) is 14.0. The highest BCUT2D eigenvalue weighted by atomic mass is 32.2. The van der Waals surface area contributed by atoms with Crippen molar-refractivity contribution in [2.45, 2.75) is 67.4 Å². The van der Waals surface area contributed by atoms with Gasteiger partial charge in [-0.2, -0.15) is 9.98 Å². The normalized spacial score (nSPS) is 20.7. The fourth-order valence-electron chi connectivity index (χ4n) is 5.94. The van der Waals surface area contributed by atoms with Crippen LogP contribution in [0.1, 0.15) is 61.6 Å². The molecule has 224 valence electrons. The number of hydrogen-bond acceptors (Lipinski definition) is 10. The van der Waals surface area contributed by atoms with Crippen LogP contribution in [0.4, 0.5) is 8.78 Å². The quantitative estimate of drug-likeness (QED) is 0.323. The number of carbonyl (C=O) groups is 1. The summed E-state index contributed by atoms with van der Waals surface area (Å²) < 4.78 is 63.1. The van der Waals surface area contributed by atoms with Crippen molar-refractivity contribution < 1.29 is 26.7 Å². The Labute approximate surface area is 248 Å². The number of aromatic nitrogens is 5. The van der Waals surface area contributed by atoms with E-state index in [9.17, 15) is 27.3 Å². The van der Waals surface area contributed by atoms with Crippen LogP contribution in [0.25, 0.3) is 27.1 Å². The molecule has 2 saturated heterocycles. The Bertz CT molecular complexity index is 1890. The first-order valence-corrected chi connectivity index (χ1v) is 16.3. The second-order valence-corrected chi connectivity index (χ2v) is 13.8. The Morgan fingerprint density at radius 1 is 1.19 bits per heavy atom. The lowest BCUT2D eigenvalue weighted by Crippen LogP contribution is -2.43. The molecule has 1 unspecified atom stereocenters. The Morgan fingerprint density at radius 3 is 2.63 bits per heavy atom. The first kappa shape index (κ1) is 28.1. The third kappa shape index (κ3) is 4.93. The fraction of sp³-hybridized carbons (Fsp3) is 0.481. The molecule has 12 nitrogen and oxygen atoms in total. The van der Waals surface area contributed by atoms with E-state index in [4.69, 9.17) is 4.74 Å². The number of halogens is 2. The molecule has 2 aliphatic heterocycles. The highest BCUT2D eigenvalue weighted by molar-refractivity contribution is 7.89. The number of nitriles is 1. The molecular weight excluding hydrogens is 602 g/mol. The topological polar surface area (TPSA) is 156 Å². The van der Waals surface area contributed by atoms with E-state index >= 15 is 0 Å². The molecule has 3 aromatic heterocycles. The van der Waals surface area contributed by atoms with E-state index in [1.54, 1.807) is 6.07 Å². The number of likely N-dealkylation sites (tertiary alicyclic amines) is 1. The number of piperidine rings is 1. The minimum atomic E-state index is -4.08. The zero-order valence-corrected chi connectivity index (χ0v) is 24.4. The third-order valence-corrected chi connectivity index (χ3v) is 10.8. The maximum Gasteiger partial charge on any atom is 0.291 e. The van der Waals surface area contributed by atoms with Crippen molar-refractivity contribution in [2.24, 2.45) is 0 Å². The molecule has 1 aliphatic carbocycles. The van der Waals surface area contributed by atoms with E-state index in [0.717, 1.165) is 18.5 Å². The number of sulfonamides is 1. The second kappa shape index (κ2) is 10.5. The molecule has 1 saturated carbocycles. The lowest BCUT2D eigenvalue weighted by molar-refractivity contribution is -0.142. The highest BCUT2D eigenvalue weighted by Crippen LogP contribution is 2.41. The molecule has 1 aromatic carbocycles. The van der Waals surface area contributed by atoms with Gasteiger partial charge in [0.25, 0.3) is 12.3 Å². The summed E-state index contributed by atoms with van der Waals surface area (Å²) in [5, 5.41) is 18.0. The van der Waals surface area contributed by atoms with Crippen molar-refractivity contribution in [3.8, 4) is 11.2 Å². The Morgan fingerprint density at radius 2 is 1.98 bits per heavy atom. The highest BCUT2D eigenvalue weighted by Gasteiger charge is 2.47. The van der Waals surface area contributed by atoms with E-state index in [1.807, 2.05) is 11.0 Å². The van der Waals surface area contributed by atoms with Crippen LogP contribution in [0.2, 0.25) is 0 Å². The molecular formula is C27H26F2N8O4S2. The van der Waals surface area contributed by atoms with Crippen molar-refractivity contribution >= 4 is 49.2 Å². The number of amides is 1. The van der Waals surface area contributed by atoms with E-state index in [2.05, 4.69) is 24.9 Å². The standard InChI is InChI=1S/C27H26F2N8O4S2/c28-22(29)24-33-34-26(42-24)37-18-12-16(43(39,40)35-27(13-30)7-8-27)3-4-17(18)20-21(31-14-32-23(20)37)15-5-9-36(10-6-15)25(38)19-2-1-11-41-19/h3-4,12,14-15,19,22,35H,1-2,5-11H2. The smallest absolute Gasteiger partial charge is 0.291 e. The van der Waals surface area contributed by atoms with Crippen LogP contribution in [0, 0.1) is 11.3 Å². The summed E-state index contributed by atoms with van der Waals surface area (Å²) in [4.78, 5) is 23.8. The number of alkyl halides is 2. The van der Waals surface area contributed by atoms with Gasteiger partial charge < -0.3 is 9.64 Å². The van der Waals surface area contributed by atoms with E-state index < -0.39 is 27.0 Å². The maximum absolute atomic E-state index is 13.5. The number of nitrogens with one attached hydrogen (secondary N) is 1. The van der Waals surface area contributed by atoms with Gasteiger partial charge in [0.1, 0.15) is 18.0 Å². The number of benzene rings is 1. The fourth-order valence-corrected chi connectivity index (χ4v) is 8.05. The van der Waals surface area contributed by atoms with Gasteiger partial charge in [-0.15, -0.1) is 10.2 Å². The van der Waals surface area contributed by atoms with Gasteiger partial charge in [-0.25, -0.2) is 27.2 Å². The predicted molar refractivity (Wildman–Crippen MR) is 150 cm³/mol. The molecule has 1 atom stereocenters. The summed E-state index contributed by atoms with van der Waals surface area (Å²) in [7, 11) is -4.08. The van der Waals surface area contributed by atoms with Crippen LogP contribution in [0.3, 0.4) is 0 Å². The predicted octanol–water partition coefficient (Wildman–Crippen LogP) is 3.58. The number of fused-ring (bicyclic) bond motifs is 3. The van der Waals surface area contributed by atoms with Crippen LogP contribution in [0.15, 0.2) is 29.4 Å². The summed E-state index contributed by atoms with van der Waals surface area (Å²) in [6.45, 7) is 1.67. The van der Waals surface area contributed by atoms with Crippen LogP contribution in [-0.2, 0) is 19.6 Å². The van der Waals surface area contributed by atoms with Gasteiger partial charge in [-0.3, -0.25) is 9.36 Å². The van der Waals surface area contributed by atoms with Crippen molar-refractivity contribution in [3.05, 3.63) is 35.2 Å². The Balaban J connectivity index is 1.31. The zero-order valence-electron chi connectivity index (χ0n) is 22.7. The molecule has 0 spiro atoms. The maximum atomic E-state index is 13.5. The molecule has 3 aliphatic rings. The van der Waals surface area contributed by atoms with Gasteiger partial charge in [0.15, 0.2) is 10.7 Å². The molecule has 1 amide bonds. The minimum absolute atomic E-state index is 0.0122. The van der Waals surface area contributed by atoms with E-state index in [0.29, 0.717) is 78.7 Å². The minimum Gasteiger partial charge on any atom is -0.368 e. The molecule has 1 N–H and O–H groups in total. The number of ether oxygens (including phenoxy) is 1. The molecule has 16 heteroatoms. The van der Waals surface area contributed by atoms with Crippen LogP contribution in [0.5, 0.6) is 0 Å². The summed E-state index contributed by atoms with van der Waals surface area (Å²) in [6, 6.07) is 6.55. The lowest BCUT2D eigenvalue weighted by atomic mass is 9.90. The largest absolute Gasteiger partial charge is 0.368 e. The Kier molecular flexibility index (Phi) is 6.88. The van der Waals surface area contributed by atoms with Crippen molar-refractivity contribution in [1.29, 1.82) is 5.26 Å². The molecule has 5 heterocycles. The zero-order chi connectivity index (χ0) is 29.9. The molecule has 7 rings (SSSR count). The van der Waals surface area contributed by atoms with Crippen molar-refractivity contribution in [2.75, 3.05) is 19.7 Å². The average Bonchev–Trinajstić information content (AvgIpc) is 3.39. The van der Waals surface area contributed by atoms with Gasteiger partial charge in [-0.1, -0.05) is 17.4 Å². The SMILES string of the molecule is N#CC1(NS(=O)(=O)c2ccc3c4c(C5CCN(C(=O)C6CCCO6)CC5)ncnc4n(-c4nnc(C(F)F)s4)c3c2)CC1. The van der Waals surface area contributed by atoms with Crippen LogP contribution in [-0.4, -0.2) is 75.3 Å². The van der Waals surface area contributed by atoms with Gasteiger partial charge in [0.2, 0.25) is 15.2 Å². The number of hydrogen-bond donors (Lipinski definition) is 1. The first-order chi connectivity index (χ1) is 20.7. The van der Waals surface area contributed by atoms with Gasteiger partial charge >= 0.3 is 0 Å². The number of nitrogens with zero attached hydrogens (tertiary/aromatic N) is 7. The molecule has 3 fully saturated rings. The lowest BCUT2D eigenvalue weighted by Gasteiger charge is -2.33. The van der Waals surface area contributed by atoms with Crippen molar-refractivity contribution in [3.63, 3.8) is 0 Å². The van der Waals surface area contributed by atoms with E-state index in [-0.39, 0.29) is 28.0 Å². The van der Waals surface area contributed by atoms with E-state index in [1.165, 1.54) is 23.0 Å². The third-order valence-electron chi connectivity index (χ3n) is 8.36. The van der Waals surface area contributed by atoms with Gasteiger partial charge in [0, 0.05) is 36.4 Å². The summed E-state index contributed by atoms with van der Waals surface area (Å²) in [6.07, 6.45) is 1.94. The summed E-state index contributed by atoms with van der Waals surface area (Å²) >= 11 is 0.688. The molecule has 0 bridgehead atoms. The monoisotopic (exact) mass is 628 g/mol. The van der Waals surface area contributed by atoms with Crippen LogP contribution < -0.4 is 4.72 Å². The summed E-state index contributed by atoms with van der Waals surface area (Å²) in [5.41, 5.74) is 0.370. The second-order valence-electron chi connectivity index (χ2n) is 11.1. The number of rotatable bonds is 7. The molecule has 43 heavy (non-hydrogen) atoms. The number of carbonyl (C=O) groups excluding carboxylic acids is 1. The van der Waals surface area contributed by atoms with Gasteiger partial charge in [0.05, 0.1) is 22.2 Å². The average molecular weight is 629 g/mol. The van der Waals surface area contributed by atoms with Crippen LogP contribution >= 0.6 is 11.3 Å². The molecule has 4 aromatic rings. The Hall–Kier alpha value is -3.65. The molecule has 0 radical (unpaired) electrons. The van der Waals surface area contributed by atoms with Gasteiger partial charge in [-0.05, 0) is 50.7 Å². The van der Waals surface area contributed by atoms with Crippen molar-refractivity contribution in [1.82, 2.24) is 34.4 Å². The summed E-state index contributed by atoms with van der Waals surface area (Å²) in [5.74, 6) is -0.0159.